The maximum Gasteiger partial charge on any atom is 0.251 e. The molecule has 1 atom stereocenters. The fourth-order valence-corrected chi connectivity index (χ4v) is 3.90. The summed E-state index contributed by atoms with van der Waals surface area (Å²) in [6.45, 7) is 6.53. The highest BCUT2D eigenvalue weighted by Gasteiger charge is 2.33. The summed E-state index contributed by atoms with van der Waals surface area (Å²) in [7, 11) is 0. The molecule has 0 aliphatic heterocycles. The predicted molar refractivity (Wildman–Crippen MR) is 141 cm³/mol. The highest BCUT2D eigenvalue weighted by Crippen LogP contribution is 2.28. The molecule has 0 fully saturated rings. The van der Waals surface area contributed by atoms with Crippen LogP contribution in [0.3, 0.4) is 0 Å². The van der Waals surface area contributed by atoms with Crippen LogP contribution in [-0.2, 0) is 16.1 Å². The monoisotopic (exact) mass is 497 g/mol. The normalized spacial score (nSPS) is 11.8. The molecule has 2 amide bonds. The van der Waals surface area contributed by atoms with Gasteiger partial charge in [-0.25, -0.2) is 0 Å². The fraction of sp³-hybridized carbons (Fsp3) is 0.286. The van der Waals surface area contributed by atoms with Crippen LogP contribution >= 0.6 is 0 Å². The van der Waals surface area contributed by atoms with Crippen LogP contribution in [0.15, 0.2) is 79.1 Å². The van der Waals surface area contributed by atoms with Gasteiger partial charge in [0, 0.05) is 30.2 Å². The van der Waals surface area contributed by atoms with E-state index in [0.29, 0.717) is 29.5 Å². The summed E-state index contributed by atoms with van der Waals surface area (Å²) in [6, 6.07) is 19.5. The Labute approximate surface area is 216 Å². The van der Waals surface area contributed by atoms with Crippen molar-refractivity contribution in [2.24, 2.45) is 5.92 Å². The third-order valence-electron chi connectivity index (χ3n) is 5.89. The first-order chi connectivity index (χ1) is 17.9. The summed E-state index contributed by atoms with van der Waals surface area (Å²) >= 11 is 0. The second kappa shape index (κ2) is 12.0. The Hall–Kier alpha value is -4.40. The lowest BCUT2D eigenvalue weighted by atomic mass is 10.0. The van der Waals surface area contributed by atoms with Gasteiger partial charge in [0.25, 0.3) is 5.91 Å². The fourth-order valence-electron chi connectivity index (χ4n) is 3.90. The topological polar surface area (TPSA) is 106 Å². The predicted octanol–water partition coefficient (Wildman–Crippen LogP) is 3.98. The molecule has 0 saturated carbocycles. The maximum absolute atomic E-state index is 13.8. The molecular formula is C28H31N7O2. The van der Waals surface area contributed by atoms with Gasteiger partial charge >= 0.3 is 0 Å². The lowest BCUT2D eigenvalue weighted by Gasteiger charge is -2.31. The van der Waals surface area contributed by atoms with Gasteiger partial charge in [-0.05, 0) is 54.3 Å². The molecule has 0 bridgehead atoms. The summed E-state index contributed by atoms with van der Waals surface area (Å²) in [6.07, 6.45) is 4.06. The molecule has 0 aliphatic rings. The molecule has 190 valence electrons. The van der Waals surface area contributed by atoms with E-state index >= 15 is 0 Å². The minimum Gasteiger partial charge on any atom is -0.354 e. The number of aryl methyl sites for hydroxylation is 1. The number of pyridine rings is 1. The molecule has 37 heavy (non-hydrogen) atoms. The van der Waals surface area contributed by atoms with Crippen molar-refractivity contribution < 1.29 is 9.59 Å². The SMILES string of the molecule is Cc1ccc(-c2nnn(CC(=O)N(c3ccccc3)C(C(=O)NCCC(C)C)c3ccncc3)n2)cc1. The van der Waals surface area contributed by atoms with Crippen molar-refractivity contribution in [3.63, 3.8) is 0 Å². The van der Waals surface area contributed by atoms with E-state index in [1.54, 1.807) is 36.7 Å². The number of amides is 2. The quantitative estimate of drug-likeness (QED) is 0.355. The van der Waals surface area contributed by atoms with Crippen molar-refractivity contribution in [2.75, 3.05) is 11.4 Å². The first kappa shape index (κ1) is 25.7. The Balaban J connectivity index is 1.65. The van der Waals surface area contributed by atoms with E-state index in [0.717, 1.165) is 17.5 Å². The zero-order valence-corrected chi connectivity index (χ0v) is 21.3. The molecule has 1 N–H and O–H groups in total. The van der Waals surface area contributed by atoms with Gasteiger partial charge in [-0.2, -0.15) is 4.80 Å². The van der Waals surface area contributed by atoms with Gasteiger partial charge in [0.2, 0.25) is 11.7 Å². The van der Waals surface area contributed by atoms with Crippen molar-refractivity contribution in [1.29, 1.82) is 0 Å². The van der Waals surface area contributed by atoms with Crippen LogP contribution in [0.5, 0.6) is 0 Å². The van der Waals surface area contributed by atoms with Gasteiger partial charge in [0.15, 0.2) is 0 Å². The van der Waals surface area contributed by atoms with Crippen LogP contribution in [0.2, 0.25) is 0 Å². The van der Waals surface area contributed by atoms with Crippen molar-refractivity contribution in [3.05, 3.63) is 90.3 Å². The average Bonchev–Trinajstić information content (AvgIpc) is 3.36. The first-order valence-electron chi connectivity index (χ1n) is 12.3. The third kappa shape index (κ3) is 6.63. The summed E-state index contributed by atoms with van der Waals surface area (Å²) in [5.41, 5.74) is 3.18. The smallest absolute Gasteiger partial charge is 0.251 e. The van der Waals surface area contributed by atoms with Crippen LogP contribution < -0.4 is 10.2 Å². The molecule has 1 unspecified atom stereocenters. The number of hydrogen-bond acceptors (Lipinski definition) is 6. The number of aromatic nitrogens is 5. The van der Waals surface area contributed by atoms with E-state index in [4.69, 9.17) is 0 Å². The minimum atomic E-state index is -0.898. The molecule has 9 nitrogen and oxygen atoms in total. The van der Waals surface area contributed by atoms with Crippen molar-refractivity contribution in [2.45, 2.75) is 39.8 Å². The number of benzene rings is 2. The van der Waals surface area contributed by atoms with E-state index in [1.807, 2.05) is 49.4 Å². The number of carbonyl (C=O) groups is 2. The molecule has 0 aliphatic carbocycles. The Kier molecular flexibility index (Phi) is 8.35. The number of nitrogens with zero attached hydrogens (tertiary/aromatic N) is 6. The molecule has 4 aromatic rings. The summed E-state index contributed by atoms with van der Waals surface area (Å²) in [5, 5.41) is 15.6. The van der Waals surface area contributed by atoms with Crippen LogP contribution in [0, 0.1) is 12.8 Å². The van der Waals surface area contributed by atoms with E-state index in [-0.39, 0.29) is 18.4 Å². The van der Waals surface area contributed by atoms with Crippen LogP contribution in [-0.4, -0.2) is 43.6 Å². The second-order valence-electron chi connectivity index (χ2n) is 9.27. The van der Waals surface area contributed by atoms with Crippen molar-refractivity contribution in [1.82, 2.24) is 30.5 Å². The average molecular weight is 498 g/mol. The number of rotatable bonds is 10. The van der Waals surface area contributed by atoms with Gasteiger partial charge in [0.05, 0.1) is 0 Å². The molecule has 2 heterocycles. The highest BCUT2D eigenvalue weighted by atomic mass is 16.2. The zero-order chi connectivity index (χ0) is 26.2. The van der Waals surface area contributed by atoms with Crippen LogP contribution in [0.25, 0.3) is 11.4 Å². The van der Waals surface area contributed by atoms with Crippen LogP contribution in [0.1, 0.15) is 37.4 Å². The Morgan fingerprint density at radius 3 is 2.35 bits per heavy atom. The number of carbonyl (C=O) groups excluding carboxylic acids is 2. The number of tetrazole rings is 1. The van der Waals surface area contributed by atoms with E-state index in [9.17, 15) is 9.59 Å². The summed E-state index contributed by atoms with van der Waals surface area (Å²) in [4.78, 5) is 34.2. The van der Waals surface area contributed by atoms with Gasteiger partial charge in [0.1, 0.15) is 12.6 Å². The largest absolute Gasteiger partial charge is 0.354 e. The van der Waals surface area contributed by atoms with E-state index in [1.165, 1.54) is 9.70 Å². The molecule has 0 radical (unpaired) electrons. The van der Waals surface area contributed by atoms with Gasteiger partial charge in [-0.3, -0.25) is 19.5 Å². The Morgan fingerprint density at radius 1 is 0.973 bits per heavy atom. The summed E-state index contributed by atoms with van der Waals surface area (Å²) in [5.74, 6) is 0.250. The van der Waals surface area contributed by atoms with Crippen molar-refractivity contribution >= 4 is 17.5 Å². The zero-order valence-electron chi connectivity index (χ0n) is 21.3. The second-order valence-corrected chi connectivity index (χ2v) is 9.27. The summed E-state index contributed by atoms with van der Waals surface area (Å²) < 4.78 is 0. The molecular weight excluding hydrogens is 466 g/mol. The maximum atomic E-state index is 13.8. The van der Waals surface area contributed by atoms with E-state index < -0.39 is 6.04 Å². The van der Waals surface area contributed by atoms with Gasteiger partial charge in [-0.15, -0.1) is 10.2 Å². The minimum absolute atomic E-state index is 0.186. The van der Waals surface area contributed by atoms with Gasteiger partial charge in [-0.1, -0.05) is 61.9 Å². The first-order valence-corrected chi connectivity index (χ1v) is 12.3. The van der Waals surface area contributed by atoms with Crippen molar-refractivity contribution in [3.8, 4) is 11.4 Å². The molecule has 0 spiro atoms. The molecule has 2 aromatic heterocycles. The standard InChI is InChI=1S/C28H31N7O2/c1-20(2)13-18-30-28(37)26(22-14-16-29-17-15-22)35(24-7-5-4-6-8-24)25(36)19-34-32-27(31-33-34)23-11-9-21(3)10-12-23/h4-12,14-17,20,26H,13,18-19H2,1-3H3,(H,30,37). The van der Waals surface area contributed by atoms with E-state index in [2.05, 4.69) is 39.6 Å². The number of nitrogens with one attached hydrogen (secondary N) is 1. The Bertz CT molecular complexity index is 1310. The number of para-hydroxylation sites is 1. The van der Waals surface area contributed by atoms with Gasteiger partial charge < -0.3 is 5.32 Å². The molecule has 4 rings (SSSR count). The molecule has 2 aromatic carbocycles. The number of anilines is 1. The molecule has 9 heteroatoms. The third-order valence-corrected chi connectivity index (χ3v) is 5.89. The molecule has 0 saturated heterocycles. The highest BCUT2D eigenvalue weighted by molar-refractivity contribution is 6.01. The lowest BCUT2D eigenvalue weighted by molar-refractivity contribution is -0.127. The number of hydrogen-bond donors (Lipinski definition) is 1. The van der Waals surface area contributed by atoms with Crippen LogP contribution in [0.4, 0.5) is 5.69 Å². The Morgan fingerprint density at radius 2 is 1.68 bits per heavy atom. The lowest BCUT2D eigenvalue weighted by Crippen LogP contribution is -2.45.